The molecule has 0 aromatic rings. The highest BCUT2D eigenvalue weighted by Gasteiger charge is 2.16. The molecule has 0 spiro atoms. The zero-order chi connectivity index (χ0) is 9.78. The van der Waals surface area contributed by atoms with Gasteiger partial charge in [0.1, 0.15) is 5.60 Å². The van der Waals surface area contributed by atoms with E-state index in [0.717, 1.165) is 0 Å². The molecule has 4 heteroatoms. The number of amides is 2. The quantitative estimate of drug-likeness (QED) is 0.542. The van der Waals surface area contributed by atoms with Crippen molar-refractivity contribution in [2.45, 2.75) is 26.4 Å². The maximum absolute atomic E-state index is 10.8. The summed E-state index contributed by atoms with van der Waals surface area (Å²) in [6.07, 6.45) is 3.89. The van der Waals surface area contributed by atoms with E-state index in [-0.39, 0.29) is 0 Å². The molecule has 0 saturated heterocycles. The second-order valence-electron chi connectivity index (χ2n) is 3.10. The van der Waals surface area contributed by atoms with E-state index in [1.165, 1.54) is 0 Å². The van der Waals surface area contributed by atoms with Crippen molar-refractivity contribution in [2.75, 3.05) is 0 Å². The Kier molecular flexibility index (Phi) is 3.30. The van der Waals surface area contributed by atoms with Gasteiger partial charge in [0.2, 0.25) is 0 Å². The molecule has 0 saturated carbocycles. The van der Waals surface area contributed by atoms with E-state index >= 15 is 0 Å². The SMILES string of the molecule is C#CC(=O)NC(=O)OC(C)(C)C. The fourth-order valence-electron chi connectivity index (χ4n) is 0.432. The normalized spacial score (nSPS) is 9.83. The molecule has 0 aliphatic heterocycles. The molecule has 4 nitrogen and oxygen atoms in total. The van der Waals surface area contributed by atoms with Crippen LogP contribution in [0.15, 0.2) is 0 Å². The van der Waals surface area contributed by atoms with E-state index in [9.17, 15) is 9.59 Å². The molecule has 66 valence electrons. The predicted molar refractivity (Wildman–Crippen MR) is 43.2 cm³/mol. The van der Waals surface area contributed by atoms with E-state index < -0.39 is 17.6 Å². The molecule has 0 bridgehead atoms. The van der Waals surface area contributed by atoms with Gasteiger partial charge in [0, 0.05) is 0 Å². The van der Waals surface area contributed by atoms with Crippen LogP contribution in [0.5, 0.6) is 0 Å². The third-order valence-corrected chi connectivity index (χ3v) is 0.746. The third-order valence-electron chi connectivity index (χ3n) is 0.746. The number of rotatable bonds is 0. The Morgan fingerprint density at radius 1 is 1.42 bits per heavy atom. The summed E-state index contributed by atoms with van der Waals surface area (Å²) in [5, 5.41) is 1.85. The molecular formula is C8H11NO3. The minimum absolute atomic E-state index is 0.626. The lowest BCUT2D eigenvalue weighted by atomic mass is 10.2. The summed E-state index contributed by atoms with van der Waals surface area (Å²) in [7, 11) is 0. The Balaban J connectivity index is 3.94. The van der Waals surface area contributed by atoms with Gasteiger partial charge >= 0.3 is 12.0 Å². The number of hydrogen-bond acceptors (Lipinski definition) is 3. The van der Waals surface area contributed by atoms with E-state index in [1.54, 1.807) is 26.7 Å². The summed E-state index contributed by atoms with van der Waals surface area (Å²) in [5.41, 5.74) is -0.626. The van der Waals surface area contributed by atoms with E-state index in [2.05, 4.69) is 0 Å². The molecular weight excluding hydrogens is 158 g/mol. The Morgan fingerprint density at radius 2 is 1.92 bits per heavy atom. The average molecular weight is 169 g/mol. The Bertz CT molecular complexity index is 232. The van der Waals surface area contributed by atoms with E-state index in [0.29, 0.717) is 0 Å². The van der Waals surface area contributed by atoms with Crippen LogP contribution in [-0.2, 0) is 9.53 Å². The highest BCUT2D eigenvalue weighted by molar-refractivity contribution is 6.02. The largest absolute Gasteiger partial charge is 0.444 e. The van der Waals surface area contributed by atoms with Crippen molar-refractivity contribution in [3.05, 3.63) is 0 Å². The van der Waals surface area contributed by atoms with Crippen molar-refractivity contribution in [3.8, 4) is 12.3 Å². The Labute approximate surface area is 71.3 Å². The third kappa shape index (κ3) is 5.30. The average Bonchev–Trinajstić information content (AvgIpc) is 1.82. The number of hydrogen-bond donors (Lipinski definition) is 1. The molecule has 0 fully saturated rings. The standard InChI is InChI=1S/C8H11NO3/c1-5-6(10)9-7(11)12-8(2,3)4/h1H,2-4H3,(H,9,10,11). The second kappa shape index (κ2) is 3.77. The fraction of sp³-hybridized carbons (Fsp3) is 0.500. The van der Waals surface area contributed by atoms with Gasteiger partial charge in [-0.05, 0) is 26.7 Å². The molecule has 0 aromatic heterocycles. The monoisotopic (exact) mass is 169 g/mol. The van der Waals surface area contributed by atoms with Crippen LogP contribution in [0.3, 0.4) is 0 Å². The molecule has 0 aromatic carbocycles. The molecule has 0 atom stereocenters. The molecule has 0 unspecified atom stereocenters. The van der Waals surface area contributed by atoms with Gasteiger partial charge in [-0.1, -0.05) is 0 Å². The van der Waals surface area contributed by atoms with Gasteiger partial charge in [-0.25, -0.2) is 4.79 Å². The van der Waals surface area contributed by atoms with Crippen molar-refractivity contribution in [2.24, 2.45) is 0 Å². The lowest BCUT2D eigenvalue weighted by molar-refractivity contribution is -0.115. The first kappa shape index (κ1) is 10.5. The molecule has 12 heavy (non-hydrogen) atoms. The van der Waals surface area contributed by atoms with Gasteiger partial charge in [-0.15, -0.1) is 6.42 Å². The second-order valence-corrected chi connectivity index (χ2v) is 3.10. The number of alkyl carbamates (subject to hydrolysis) is 1. The summed E-state index contributed by atoms with van der Waals surface area (Å²) in [4.78, 5) is 21.2. The van der Waals surface area contributed by atoms with Crippen LogP contribution in [0.4, 0.5) is 4.79 Å². The number of carbonyl (C=O) groups is 2. The molecule has 0 rings (SSSR count). The van der Waals surface area contributed by atoms with Crippen LogP contribution < -0.4 is 5.32 Å². The van der Waals surface area contributed by atoms with Gasteiger partial charge in [-0.2, -0.15) is 0 Å². The number of imide groups is 1. The first-order chi connectivity index (χ1) is 5.35. The molecule has 0 aliphatic carbocycles. The van der Waals surface area contributed by atoms with Gasteiger partial charge < -0.3 is 4.74 Å². The number of ether oxygens (including phenoxy) is 1. The van der Waals surface area contributed by atoms with Crippen LogP contribution in [0, 0.1) is 12.3 Å². The predicted octanol–water partition coefficient (Wildman–Crippen LogP) is 0.671. The van der Waals surface area contributed by atoms with Crippen LogP contribution in [-0.4, -0.2) is 17.6 Å². The molecule has 1 N–H and O–H groups in total. The lowest BCUT2D eigenvalue weighted by Crippen LogP contribution is -2.35. The Hall–Kier alpha value is -1.50. The molecule has 0 aliphatic rings. The van der Waals surface area contributed by atoms with Gasteiger partial charge in [0.25, 0.3) is 0 Å². The highest BCUT2D eigenvalue weighted by Crippen LogP contribution is 2.05. The molecule has 0 heterocycles. The summed E-state index contributed by atoms with van der Waals surface area (Å²) in [6.45, 7) is 5.06. The summed E-state index contributed by atoms with van der Waals surface area (Å²) in [6, 6.07) is 0. The Morgan fingerprint density at radius 3 is 2.25 bits per heavy atom. The zero-order valence-electron chi connectivity index (χ0n) is 7.30. The van der Waals surface area contributed by atoms with E-state index in [4.69, 9.17) is 11.2 Å². The van der Waals surface area contributed by atoms with Crippen molar-refractivity contribution >= 4 is 12.0 Å². The smallest absolute Gasteiger partial charge is 0.415 e. The summed E-state index contributed by atoms with van der Waals surface area (Å²) in [5.74, 6) is 0.929. The topological polar surface area (TPSA) is 55.4 Å². The first-order valence-electron chi connectivity index (χ1n) is 3.36. The summed E-state index contributed by atoms with van der Waals surface area (Å²) < 4.78 is 4.74. The highest BCUT2D eigenvalue weighted by atomic mass is 16.6. The van der Waals surface area contributed by atoms with Crippen LogP contribution in [0.25, 0.3) is 0 Å². The first-order valence-corrected chi connectivity index (χ1v) is 3.36. The van der Waals surface area contributed by atoms with Crippen LogP contribution >= 0.6 is 0 Å². The molecule has 2 amide bonds. The van der Waals surface area contributed by atoms with Gasteiger partial charge in [0.05, 0.1) is 0 Å². The number of carbonyl (C=O) groups excluding carboxylic acids is 2. The zero-order valence-corrected chi connectivity index (χ0v) is 7.30. The minimum Gasteiger partial charge on any atom is -0.444 e. The maximum atomic E-state index is 10.8. The summed E-state index contributed by atoms with van der Waals surface area (Å²) >= 11 is 0. The lowest BCUT2D eigenvalue weighted by Gasteiger charge is -2.18. The number of nitrogens with one attached hydrogen (secondary N) is 1. The van der Waals surface area contributed by atoms with Crippen LogP contribution in [0.2, 0.25) is 0 Å². The van der Waals surface area contributed by atoms with Crippen molar-refractivity contribution < 1.29 is 14.3 Å². The minimum atomic E-state index is -0.828. The fourth-order valence-corrected chi connectivity index (χ4v) is 0.432. The maximum Gasteiger partial charge on any atom is 0.415 e. The van der Waals surface area contributed by atoms with Crippen molar-refractivity contribution in [1.29, 1.82) is 0 Å². The van der Waals surface area contributed by atoms with Crippen LogP contribution in [0.1, 0.15) is 20.8 Å². The number of terminal acetylenes is 1. The van der Waals surface area contributed by atoms with Gasteiger partial charge in [-0.3, -0.25) is 10.1 Å². The van der Waals surface area contributed by atoms with E-state index in [1.807, 2.05) is 5.32 Å². The molecule has 0 radical (unpaired) electrons. The van der Waals surface area contributed by atoms with Crippen molar-refractivity contribution in [1.82, 2.24) is 5.32 Å². The van der Waals surface area contributed by atoms with Crippen molar-refractivity contribution in [3.63, 3.8) is 0 Å². The van der Waals surface area contributed by atoms with Gasteiger partial charge in [0.15, 0.2) is 0 Å².